The van der Waals surface area contributed by atoms with Crippen LogP contribution in [0.2, 0.25) is 5.02 Å². The first kappa shape index (κ1) is 16.6. The highest BCUT2D eigenvalue weighted by molar-refractivity contribution is 6.30. The van der Waals surface area contributed by atoms with Gasteiger partial charge in [-0.05, 0) is 29.7 Å². The molecule has 2 atom stereocenters. The minimum absolute atomic E-state index is 0.0104. The fourth-order valence-corrected chi connectivity index (χ4v) is 3.38. The highest BCUT2D eigenvalue weighted by atomic mass is 35.5. The second kappa shape index (κ2) is 6.80. The molecule has 132 valence electrons. The monoisotopic (exact) mass is 367 g/mol. The van der Waals surface area contributed by atoms with E-state index in [1.54, 1.807) is 0 Å². The summed E-state index contributed by atoms with van der Waals surface area (Å²) in [7, 11) is 0. The molecular formula is C19H18ClN5O. The molecule has 0 saturated heterocycles. The van der Waals surface area contributed by atoms with Gasteiger partial charge in [0.1, 0.15) is 0 Å². The molecule has 0 saturated carbocycles. The number of benzene rings is 2. The van der Waals surface area contributed by atoms with Crippen LogP contribution in [0.15, 0.2) is 54.6 Å². The molecule has 1 aliphatic heterocycles. The Balaban J connectivity index is 1.75. The van der Waals surface area contributed by atoms with Gasteiger partial charge in [-0.25, -0.2) is 4.68 Å². The predicted molar refractivity (Wildman–Crippen MR) is 101 cm³/mol. The molecule has 0 unspecified atom stereocenters. The van der Waals surface area contributed by atoms with E-state index < -0.39 is 0 Å². The van der Waals surface area contributed by atoms with E-state index in [0.717, 1.165) is 12.0 Å². The number of halogens is 1. The topological polar surface area (TPSA) is 71.8 Å². The van der Waals surface area contributed by atoms with Crippen LogP contribution >= 0.6 is 11.6 Å². The van der Waals surface area contributed by atoms with Crippen LogP contribution in [0.4, 0.5) is 11.9 Å². The van der Waals surface area contributed by atoms with Crippen molar-refractivity contribution in [2.24, 2.45) is 0 Å². The number of carbonyl (C=O) groups excluding carboxylic acids is 1. The summed E-state index contributed by atoms with van der Waals surface area (Å²) in [6, 6.07) is 18.1. The third-order valence-corrected chi connectivity index (χ3v) is 4.69. The van der Waals surface area contributed by atoms with E-state index in [1.807, 2.05) is 47.1 Å². The molecule has 7 heteroatoms. The second-order valence-electron chi connectivity index (χ2n) is 6.30. The standard InChI is InChI=1S/C19H18ClN5O/c1-12(26)21-18-23-19-22-16(13-5-3-2-4-6-13)11-17(25(19)24-18)14-7-9-15(20)10-8-14/h2-10,16-17H,11H2,1H3,(H2,21,22,23,24,26)/t16-,17-/m0/s1. The van der Waals surface area contributed by atoms with Gasteiger partial charge in [-0.1, -0.05) is 54.1 Å². The lowest BCUT2D eigenvalue weighted by Crippen LogP contribution is -2.28. The van der Waals surface area contributed by atoms with Gasteiger partial charge in [-0.3, -0.25) is 10.1 Å². The van der Waals surface area contributed by atoms with Gasteiger partial charge < -0.3 is 5.32 Å². The van der Waals surface area contributed by atoms with E-state index in [2.05, 4.69) is 32.8 Å². The van der Waals surface area contributed by atoms with Crippen LogP contribution in [0.25, 0.3) is 0 Å². The molecule has 0 bridgehead atoms. The molecular weight excluding hydrogens is 350 g/mol. The van der Waals surface area contributed by atoms with Gasteiger partial charge >= 0.3 is 0 Å². The molecule has 3 aromatic rings. The van der Waals surface area contributed by atoms with Crippen molar-refractivity contribution in [1.29, 1.82) is 0 Å². The zero-order valence-electron chi connectivity index (χ0n) is 14.2. The maximum absolute atomic E-state index is 11.4. The summed E-state index contributed by atoms with van der Waals surface area (Å²) in [6.45, 7) is 1.44. The van der Waals surface area contributed by atoms with Crippen molar-refractivity contribution in [3.8, 4) is 0 Å². The van der Waals surface area contributed by atoms with Crippen LogP contribution in [0.3, 0.4) is 0 Å². The highest BCUT2D eigenvalue weighted by Crippen LogP contribution is 2.38. The lowest BCUT2D eigenvalue weighted by atomic mass is 9.93. The molecule has 4 rings (SSSR count). The summed E-state index contributed by atoms with van der Waals surface area (Å²) < 4.78 is 1.83. The Kier molecular flexibility index (Phi) is 4.34. The third-order valence-electron chi connectivity index (χ3n) is 4.43. The lowest BCUT2D eigenvalue weighted by molar-refractivity contribution is -0.114. The third kappa shape index (κ3) is 3.28. The number of carbonyl (C=O) groups is 1. The van der Waals surface area contributed by atoms with Crippen molar-refractivity contribution in [1.82, 2.24) is 14.8 Å². The van der Waals surface area contributed by atoms with Gasteiger partial charge in [0, 0.05) is 11.9 Å². The van der Waals surface area contributed by atoms with Gasteiger partial charge in [-0.2, -0.15) is 4.98 Å². The van der Waals surface area contributed by atoms with E-state index >= 15 is 0 Å². The second-order valence-corrected chi connectivity index (χ2v) is 6.73. The SMILES string of the molecule is CC(=O)Nc1nc2n(n1)[C@H](c1ccc(Cl)cc1)C[C@@H](c1ccccc1)N2. The van der Waals surface area contributed by atoms with Crippen LogP contribution in [0.1, 0.15) is 36.6 Å². The molecule has 2 heterocycles. The summed E-state index contributed by atoms with van der Waals surface area (Å²) in [4.78, 5) is 15.8. The van der Waals surface area contributed by atoms with Crippen molar-refractivity contribution in [3.05, 3.63) is 70.7 Å². The quantitative estimate of drug-likeness (QED) is 0.733. The fourth-order valence-electron chi connectivity index (χ4n) is 3.25. The maximum atomic E-state index is 11.4. The molecule has 0 fully saturated rings. The normalized spacial score (nSPS) is 18.7. The Morgan fingerprint density at radius 2 is 1.88 bits per heavy atom. The van der Waals surface area contributed by atoms with Gasteiger partial charge in [0.05, 0.1) is 12.1 Å². The van der Waals surface area contributed by atoms with Gasteiger partial charge in [0.2, 0.25) is 11.9 Å². The summed E-state index contributed by atoms with van der Waals surface area (Å²) >= 11 is 6.04. The molecule has 0 spiro atoms. The molecule has 2 aromatic carbocycles. The average molecular weight is 368 g/mol. The number of aromatic nitrogens is 3. The maximum Gasteiger partial charge on any atom is 0.250 e. The zero-order valence-corrected chi connectivity index (χ0v) is 14.9. The predicted octanol–water partition coefficient (Wildman–Crippen LogP) is 4.04. The van der Waals surface area contributed by atoms with Crippen LogP contribution in [0.5, 0.6) is 0 Å². The van der Waals surface area contributed by atoms with Crippen LogP contribution in [-0.4, -0.2) is 20.7 Å². The van der Waals surface area contributed by atoms with Crippen LogP contribution in [-0.2, 0) is 4.79 Å². The summed E-state index contributed by atoms with van der Waals surface area (Å²) in [5.41, 5.74) is 2.28. The number of nitrogens with zero attached hydrogens (tertiary/aromatic N) is 3. The smallest absolute Gasteiger partial charge is 0.250 e. The van der Waals surface area contributed by atoms with Crippen LogP contribution in [0, 0.1) is 0 Å². The Morgan fingerprint density at radius 3 is 2.58 bits per heavy atom. The molecule has 6 nitrogen and oxygen atoms in total. The summed E-state index contributed by atoms with van der Waals surface area (Å²) in [5.74, 6) is 0.733. The largest absolute Gasteiger partial charge is 0.347 e. The fraction of sp³-hybridized carbons (Fsp3) is 0.211. The van der Waals surface area contributed by atoms with Crippen molar-refractivity contribution < 1.29 is 4.79 Å². The molecule has 0 aliphatic carbocycles. The first-order chi connectivity index (χ1) is 12.6. The van der Waals surface area contributed by atoms with Crippen molar-refractivity contribution in [2.45, 2.75) is 25.4 Å². The zero-order chi connectivity index (χ0) is 18.1. The lowest BCUT2D eigenvalue weighted by Gasteiger charge is -2.31. The Bertz CT molecular complexity index is 923. The average Bonchev–Trinajstić information content (AvgIpc) is 3.04. The van der Waals surface area contributed by atoms with E-state index in [-0.39, 0.29) is 18.0 Å². The Morgan fingerprint density at radius 1 is 1.15 bits per heavy atom. The van der Waals surface area contributed by atoms with E-state index in [0.29, 0.717) is 16.9 Å². The Labute approximate surface area is 156 Å². The number of hydrogen-bond donors (Lipinski definition) is 2. The van der Waals surface area contributed by atoms with Crippen molar-refractivity contribution >= 4 is 29.4 Å². The highest BCUT2D eigenvalue weighted by Gasteiger charge is 2.31. The van der Waals surface area contributed by atoms with Crippen molar-refractivity contribution in [2.75, 3.05) is 10.6 Å². The number of fused-ring (bicyclic) bond motifs is 1. The molecule has 0 radical (unpaired) electrons. The van der Waals surface area contributed by atoms with E-state index in [4.69, 9.17) is 11.6 Å². The summed E-state index contributed by atoms with van der Waals surface area (Å²) in [6.07, 6.45) is 0.807. The number of anilines is 2. The van der Waals surface area contributed by atoms with E-state index in [9.17, 15) is 4.79 Å². The van der Waals surface area contributed by atoms with E-state index in [1.165, 1.54) is 12.5 Å². The number of rotatable bonds is 3. The van der Waals surface area contributed by atoms with Crippen LogP contribution < -0.4 is 10.6 Å². The number of amides is 1. The molecule has 2 N–H and O–H groups in total. The summed E-state index contributed by atoms with van der Waals surface area (Å²) in [5, 5.41) is 11.3. The number of nitrogens with one attached hydrogen (secondary N) is 2. The first-order valence-corrected chi connectivity index (χ1v) is 8.79. The minimum atomic E-state index is -0.199. The van der Waals surface area contributed by atoms with Crippen molar-refractivity contribution in [3.63, 3.8) is 0 Å². The van der Waals surface area contributed by atoms with Gasteiger partial charge in [0.15, 0.2) is 0 Å². The minimum Gasteiger partial charge on any atom is -0.347 e. The molecule has 1 aromatic heterocycles. The van der Waals surface area contributed by atoms with Gasteiger partial charge in [0.25, 0.3) is 5.95 Å². The van der Waals surface area contributed by atoms with Gasteiger partial charge in [-0.15, -0.1) is 5.10 Å². The molecule has 26 heavy (non-hydrogen) atoms. The molecule has 1 amide bonds. The first-order valence-electron chi connectivity index (χ1n) is 8.41. The molecule has 1 aliphatic rings. The Hall–Kier alpha value is -2.86. The number of hydrogen-bond acceptors (Lipinski definition) is 4.